The molecule has 0 unspecified atom stereocenters. The van der Waals surface area contributed by atoms with Crippen molar-refractivity contribution in [3.05, 3.63) is 230 Å². The number of hydrogen-bond donors (Lipinski definition) is 2. The molecule has 0 spiro atoms. The van der Waals surface area contributed by atoms with Gasteiger partial charge in [0.05, 0.1) is 11.4 Å². The second kappa shape index (κ2) is 15.2. The van der Waals surface area contributed by atoms with E-state index in [1.165, 1.54) is 27.5 Å². The van der Waals surface area contributed by atoms with Crippen LogP contribution in [0.1, 0.15) is 11.1 Å². The van der Waals surface area contributed by atoms with Crippen LogP contribution in [0.25, 0.3) is 87.6 Å². The summed E-state index contributed by atoms with van der Waals surface area (Å²) in [6.07, 6.45) is 7.97. The van der Waals surface area contributed by atoms with Crippen molar-refractivity contribution < 1.29 is 0 Å². The van der Waals surface area contributed by atoms with Gasteiger partial charge in [0.1, 0.15) is 5.71 Å². The molecular formula is C57H38N4. The van der Waals surface area contributed by atoms with E-state index in [9.17, 15) is 5.41 Å². The predicted molar refractivity (Wildman–Crippen MR) is 258 cm³/mol. The highest BCUT2D eigenvalue weighted by Crippen LogP contribution is 2.46. The van der Waals surface area contributed by atoms with Crippen LogP contribution in [0.4, 0.5) is 5.69 Å². The molecule has 9 aromatic carbocycles. The summed E-state index contributed by atoms with van der Waals surface area (Å²) in [5.41, 5.74) is 15.8. The van der Waals surface area contributed by atoms with Gasteiger partial charge in [-0.2, -0.15) is 5.10 Å². The van der Waals surface area contributed by atoms with Crippen molar-refractivity contribution in [1.29, 1.82) is 5.41 Å². The van der Waals surface area contributed by atoms with Crippen molar-refractivity contribution in [2.24, 2.45) is 5.10 Å². The van der Waals surface area contributed by atoms with E-state index >= 15 is 0 Å². The third-order valence-electron chi connectivity index (χ3n) is 11.8. The molecule has 0 amide bonds. The molecule has 11 rings (SSSR count). The van der Waals surface area contributed by atoms with Crippen LogP contribution in [-0.2, 0) is 0 Å². The van der Waals surface area contributed by atoms with E-state index in [-0.39, 0.29) is 0 Å². The van der Waals surface area contributed by atoms with Gasteiger partial charge in [0.2, 0.25) is 0 Å². The lowest BCUT2D eigenvalue weighted by atomic mass is 9.79. The fraction of sp³-hybridized carbons (Fsp3) is 0. The van der Waals surface area contributed by atoms with Crippen LogP contribution in [0, 0.1) is 5.41 Å². The molecule has 1 heterocycles. The van der Waals surface area contributed by atoms with Crippen LogP contribution in [-0.4, -0.2) is 16.4 Å². The smallest absolute Gasteiger partial charge is 0.109 e. The zero-order valence-corrected chi connectivity index (χ0v) is 33.2. The molecule has 0 atom stereocenters. The van der Waals surface area contributed by atoms with Crippen LogP contribution in [0.2, 0.25) is 0 Å². The summed E-state index contributed by atoms with van der Waals surface area (Å²) in [4.78, 5) is 4.30. The summed E-state index contributed by atoms with van der Waals surface area (Å²) in [6, 6.07) is 68.2. The number of fused-ring (bicyclic) bond motifs is 4. The number of pyridine rings is 1. The van der Waals surface area contributed by atoms with Crippen molar-refractivity contribution in [3.63, 3.8) is 0 Å². The van der Waals surface area contributed by atoms with Gasteiger partial charge in [0.25, 0.3) is 0 Å². The summed E-state index contributed by atoms with van der Waals surface area (Å²) in [6.45, 7) is 0. The Balaban J connectivity index is 1.17. The summed E-state index contributed by atoms with van der Waals surface area (Å²) in [7, 11) is 0. The lowest BCUT2D eigenvalue weighted by molar-refractivity contribution is 1.32. The molecule has 0 fully saturated rings. The molecule has 0 bridgehead atoms. The van der Waals surface area contributed by atoms with E-state index in [1.54, 1.807) is 6.20 Å². The summed E-state index contributed by atoms with van der Waals surface area (Å²) < 4.78 is 0. The quantitative estimate of drug-likeness (QED) is 0.0961. The predicted octanol–water partition coefficient (Wildman–Crippen LogP) is 14.7. The van der Waals surface area contributed by atoms with Crippen LogP contribution in [0.15, 0.2) is 224 Å². The Hall–Kier alpha value is -8.21. The Labute approximate surface area is 354 Å². The van der Waals surface area contributed by atoms with Crippen molar-refractivity contribution in [2.75, 3.05) is 5.43 Å². The monoisotopic (exact) mass is 778 g/mol. The topological polar surface area (TPSA) is 61.1 Å². The van der Waals surface area contributed by atoms with Crippen LogP contribution in [0.5, 0.6) is 0 Å². The van der Waals surface area contributed by atoms with Crippen molar-refractivity contribution in [1.82, 2.24) is 4.98 Å². The van der Waals surface area contributed by atoms with E-state index in [4.69, 9.17) is 5.10 Å². The molecule has 0 saturated heterocycles. The Bertz CT molecular complexity index is 3310. The maximum Gasteiger partial charge on any atom is 0.109 e. The van der Waals surface area contributed by atoms with E-state index < -0.39 is 0 Å². The number of hydrogen-bond acceptors (Lipinski definition) is 4. The van der Waals surface area contributed by atoms with Gasteiger partial charge in [-0.3, -0.25) is 15.8 Å². The number of nitrogens with zero attached hydrogens (tertiary/aromatic N) is 2. The summed E-state index contributed by atoms with van der Waals surface area (Å²) >= 11 is 0. The van der Waals surface area contributed by atoms with Gasteiger partial charge >= 0.3 is 0 Å². The van der Waals surface area contributed by atoms with Gasteiger partial charge in [-0.25, -0.2) is 0 Å². The number of hydrazone groups is 1. The Morgan fingerprint density at radius 2 is 0.803 bits per heavy atom. The van der Waals surface area contributed by atoms with E-state index in [0.717, 1.165) is 77.0 Å². The van der Waals surface area contributed by atoms with Crippen molar-refractivity contribution in [3.8, 4) is 33.4 Å². The number of rotatable bonds is 7. The lowest BCUT2D eigenvalue weighted by Gasteiger charge is -2.24. The molecule has 1 aliphatic carbocycles. The first-order valence-corrected chi connectivity index (χ1v) is 20.6. The molecule has 4 heteroatoms. The van der Waals surface area contributed by atoms with Gasteiger partial charge in [0, 0.05) is 18.0 Å². The highest BCUT2D eigenvalue weighted by Gasteiger charge is 2.27. The molecule has 286 valence electrons. The maximum absolute atomic E-state index is 10.1. The second-order valence-electron chi connectivity index (χ2n) is 15.4. The van der Waals surface area contributed by atoms with Crippen LogP contribution in [0.3, 0.4) is 0 Å². The Morgan fingerprint density at radius 3 is 1.26 bits per heavy atom. The molecule has 2 N–H and O–H groups in total. The molecule has 1 aromatic heterocycles. The molecule has 0 saturated carbocycles. The van der Waals surface area contributed by atoms with Gasteiger partial charge < -0.3 is 0 Å². The SMILES string of the molecule is N=C1C(c2c3ccccc3c(-c3ccccc3)c3ccccc23)=CC(c2c3ccccc3c(-c3ccccc3)c3ccccc23)=C/C1=N/Nc1ccc(-c2cccnc2)cc1. The average Bonchev–Trinajstić information content (AvgIpc) is 3.33. The first-order chi connectivity index (χ1) is 30.2. The van der Waals surface area contributed by atoms with Gasteiger partial charge in [-0.05, 0) is 124 Å². The number of allylic oxidation sites excluding steroid dienone is 4. The van der Waals surface area contributed by atoms with E-state index in [1.807, 2.05) is 24.4 Å². The third kappa shape index (κ3) is 6.30. The zero-order valence-electron chi connectivity index (χ0n) is 33.2. The van der Waals surface area contributed by atoms with E-state index in [0.29, 0.717) is 11.4 Å². The Morgan fingerprint density at radius 1 is 0.377 bits per heavy atom. The first-order valence-electron chi connectivity index (χ1n) is 20.6. The largest absolute Gasteiger partial charge is 0.298 e. The molecule has 1 aliphatic rings. The zero-order chi connectivity index (χ0) is 40.7. The van der Waals surface area contributed by atoms with Gasteiger partial charge in [-0.15, -0.1) is 0 Å². The minimum Gasteiger partial charge on any atom is -0.298 e. The van der Waals surface area contributed by atoms with Crippen molar-refractivity contribution in [2.45, 2.75) is 0 Å². The van der Waals surface area contributed by atoms with E-state index in [2.05, 4.69) is 198 Å². The highest BCUT2D eigenvalue weighted by molar-refractivity contribution is 6.63. The first kappa shape index (κ1) is 35.9. The third-order valence-corrected chi connectivity index (χ3v) is 11.8. The minimum atomic E-state index is 0.348. The van der Waals surface area contributed by atoms with Gasteiger partial charge in [0.15, 0.2) is 0 Å². The summed E-state index contributed by atoms with van der Waals surface area (Å²) in [5.74, 6) is 0. The standard InChI is InChI=1S/C57H38N4/c58-57-51(56-49-27-13-11-25-47(49)54(39-18-5-2-6-19-39)48-26-12-14-28-50(48)56)34-41(35-52(57)61-60-42-31-29-37(30-32-42)40-20-15-33-59-36-40)55-45-23-9-7-21-43(45)53(38-16-3-1-4-17-38)44-22-8-10-24-46(44)55/h1-36,58,60H/b58-57?,61-52-. The highest BCUT2D eigenvalue weighted by atomic mass is 15.3. The van der Waals surface area contributed by atoms with Crippen molar-refractivity contribution >= 4 is 71.3 Å². The fourth-order valence-electron chi connectivity index (χ4n) is 9.14. The minimum absolute atomic E-state index is 0.348. The number of nitrogens with one attached hydrogen (secondary N) is 2. The molecular weight excluding hydrogens is 741 g/mol. The molecule has 10 aromatic rings. The Kier molecular flexibility index (Phi) is 8.94. The van der Waals surface area contributed by atoms with Gasteiger partial charge in [-0.1, -0.05) is 176 Å². The normalized spacial score (nSPS) is 13.5. The van der Waals surface area contributed by atoms with Crippen LogP contribution < -0.4 is 5.43 Å². The number of aromatic nitrogens is 1. The molecule has 0 aliphatic heterocycles. The van der Waals surface area contributed by atoms with Crippen LogP contribution >= 0.6 is 0 Å². The number of benzene rings is 9. The number of anilines is 1. The second-order valence-corrected chi connectivity index (χ2v) is 15.4. The fourth-order valence-corrected chi connectivity index (χ4v) is 9.14. The average molecular weight is 779 g/mol. The lowest BCUT2D eigenvalue weighted by Crippen LogP contribution is -2.19. The maximum atomic E-state index is 10.1. The summed E-state index contributed by atoms with van der Waals surface area (Å²) in [5, 5.41) is 24.2. The molecule has 4 nitrogen and oxygen atoms in total. The molecule has 0 radical (unpaired) electrons. The molecule has 61 heavy (non-hydrogen) atoms.